The lowest BCUT2D eigenvalue weighted by Crippen LogP contribution is -2.21. The lowest BCUT2D eigenvalue weighted by molar-refractivity contribution is -0.384. The number of aromatic nitrogens is 1. The lowest BCUT2D eigenvalue weighted by Gasteiger charge is -2.10. The maximum Gasteiger partial charge on any atom is 0.311 e. The van der Waals surface area contributed by atoms with Crippen LogP contribution in [0.25, 0.3) is 0 Å². The van der Waals surface area contributed by atoms with Crippen molar-refractivity contribution in [1.29, 1.82) is 0 Å². The molecular weight excluding hydrogens is 246 g/mol. The topological polar surface area (TPSA) is 102 Å². The third kappa shape index (κ3) is 2.70. The van der Waals surface area contributed by atoms with Gasteiger partial charge < -0.3 is 5.32 Å². The first kappa shape index (κ1) is 11.8. The molecule has 0 spiro atoms. The van der Waals surface area contributed by atoms with Crippen LogP contribution in [-0.4, -0.2) is 35.9 Å². The number of hydrogen-bond acceptors (Lipinski definition) is 6. The molecule has 0 radical (unpaired) electrons. The van der Waals surface area contributed by atoms with Gasteiger partial charge in [0, 0.05) is 18.3 Å². The molecule has 1 aromatic heterocycles. The van der Waals surface area contributed by atoms with Crippen LogP contribution in [-0.2, 0) is 9.84 Å². The molecule has 1 aliphatic heterocycles. The highest BCUT2D eigenvalue weighted by molar-refractivity contribution is 7.91. The van der Waals surface area contributed by atoms with Gasteiger partial charge >= 0.3 is 5.69 Å². The monoisotopic (exact) mass is 257 g/mol. The van der Waals surface area contributed by atoms with Gasteiger partial charge in [0.1, 0.15) is 0 Å². The number of hydrogen-bond donors (Lipinski definition) is 1. The summed E-state index contributed by atoms with van der Waals surface area (Å²) >= 11 is 0. The summed E-state index contributed by atoms with van der Waals surface area (Å²) in [4.78, 5) is 14.1. The first-order valence-electron chi connectivity index (χ1n) is 5.04. The summed E-state index contributed by atoms with van der Waals surface area (Å²) in [5, 5.41) is 13.5. The van der Waals surface area contributed by atoms with Crippen molar-refractivity contribution >= 4 is 21.3 Å². The van der Waals surface area contributed by atoms with E-state index in [0.29, 0.717) is 6.42 Å². The van der Waals surface area contributed by atoms with Gasteiger partial charge in [-0.15, -0.1) is 0 Å². The Morgan fingerprint density at radius 1 is 1.53 bits per heavy atom. The minimum atomic E-state index is -3.01. The fourth-order valence-corrected chi connectivity index (χ4v) is 3.43. The van der Waals surface area contributed by atoms with Gasteiger partial charge in [-0.1, -0.05) is 0 Å². The molecule has 2 heterocycles. The van der Waals surface area contributed by atoms with Crippen LogP contribution in [0.4, 0.5) is 11.5 Å². The van der Waals surface area contributed by atoms with Gasteiger partial charge in [0.05, 0.1) is 16.4 Å². The van der Waals surface area contributed by atoms with Gasteiger partial charge in [-0.2, -0.15) is 0 Å². The largest absolute Gasteiger partial charge is 0.361 e. The third-order valence-corrected chi connectivity index (χ3v) is 4.32. The highest BCUT2D eigenvalue weighted by Crippen LogP contribution is 2.23. The Bertz CT molecular complexity index is 543. The van der Waals surface area contributed by atoms with Crippen molar-refractivity contribution in [3.05, 3.63) is 28.4 Å². The minimum Gasteiger partial charge on any atom is -0.361 e. The molecule has 2 rings (SSSR count). The minimum absolute atomic E-state index is 0.000723. The van der Waals surface area contributed by atoms with Gasteiger partial charge in [0.15, 0.2) is 9.84 Å². The number of nitro groups is 1. The molecule has 1 unspecified atom stereocenters. The molecule has 0 aliphatic carbocycles. The Kier molecular flexibility index (Phi) is 2.97. The van der Waals surface area contributed by atoms with E-state index in [1.807, 2.05) is 0 Å². The van der Waals surface area contributed by atoms with Crippen molar-refractivity contribution in [1.82, 2.24) is 4.98 Å². The molecule has 0 amide bonds. The van der Waals surface area contributed by atoms with E-state index in [2.05, 4.69) is 10.3 Å². The van der Waals surface area contributed by atoms with Gasteiger partial charge in [0.2, 0.25) is 5.82 Å². The fraction of sp³-hybridized carbons (Fsp3) is 0.444. The van der Waals surface area contributed by atoms with Crippen LogP contribution in [0.15, 0.2) is 18.3 Å². The fourth-order valence-electron chi connectivity index (χ4n) is 1.76. The number of nitrogens with one attached hydrogen (secondary N) is 1. The van der Waals surface area contributed by atoms with Crippen LogP contribution in [0.5, 0.6) is 0 Å². The van der Waals surface area contributed by atoms with Gasteiger partial charge in [-0.25, -0.2) is 13.4 Å². The average molecular weight is 257 g/mol. The summed E-state index contributed by atoms with van der Waals surface area (Å²) in [7, 11) is -3.01. The first-order valence-corrected chi connectivity index (χ1v) is 6.86. The number of rotatable bonds is 3. The van der Waals surface area contributed by atoms with Crippen LogP contribution in [0.2, 0.25) is 0 Å². The first-order chi connectivity index (χ1) is 7.98. The zero-order valence-electron chi connectivity index (χ0n) is 8.87. The van der Waals surface area contributed by atoms with E-state index in [0.717, 1.165) is 0 Å². The summed E-state index contributed by atoms with van der Waals surface area (Å²) in [6.45, 7) is 0. The van der Waals surface area contributed by atoms with Crippen LogP contribution in [0.3, 0.4) is 0 Å². The Labute approximate surface area is 97.9 Å². The molecule has 8 heteroatoms. The van der Waals surface area contributed by atoms with Gasteiger partial charge in [-0.05, 0) is 12.5 Å². The highest BCUT2D eigenvalue weighted by Gasteiger charge is 2.29. The Balaban J connectivity index is 2.17. The summed E-state index contributed by atoms with van der Waals surface area (Å²) in [6.07, 6.45) is 1.88. The van der Waals surface area contributed by atoms with Crippen LogP contribution >= 0.6 is 0 Å². The number of anilines is 1. The van der Waals surface area contributed by atoms with E-state index < -0.39 is 14.8 Å². The quantitative estimate of drug-likeness (QED) is 0.628. The van der Waals surface area contributed by atoms with E-state index >= 15 is 0 Å². The van der Waals surface area contributed by atoms with Crippen LogP contribution in [0.1, 0.15) is 6.42 Å². The predicted octanol–water partition coefficient (Wildman–Crippen LogP) is 0.589. The van der Waals surface area contributed by atoms with E-state index in [1.54, 1.807) is 0 Å². The molecule has 0 aromatic carbocycles. The van der Waals surface area contributed by atoms with E-state index in [4.69, 9.17) is 0 Å². The highest BCUT2D eigenvalue weighted by atomic mass is 32.2. The number of nitrogens with zero attached hydrogens (tertiary/aromatic N) is 2. The molecule has 1 N–H and O–H groups in total. The van der Waals surface area contributed by atoms with Crippen LogP contribution < -0.4 is 5.32 Å². The van der Waals surface area contributed by atoms with E-state index in [-0.39, 0.29) is 29.1 Å². The molecule has 1 saturated heterocycles. The molecule has 1 fully saturated rings. The second-order valence-electron chi connectivity index (χ2n) is 3.87. The maximum absolute atomic E-state index is 11.3. The van der Waals surface area contributed by atoms with Crippen molar-refractivity contribution in [2.24, 2.45) is 0 Å². The third-order valence-electron chi connectivity index (χ3n) is 2.56. The molecule has 7 nitrogen and oxygen atoms in total. The second-order valence-corrected chi connectivity index (χ2v) is 6.10. The zero-order chi connectivity index (χ0) is 12.5. The lowest BCUT2D eigenvalue weighted by atomic mass is 10.2. The van der Waals surface area contributed by atoms with Gasteiger partial charge in [0.25, 0.3) is 0 Å². The maximum atomic E-state index is 11.3. The summed E-state index contributed by atoms with van der Waals surface area (Å²) < 4.78 is 22.5. The number of pyridine rings is 1. The van der Waals surface area contributed by atoms with E-state index in [1.165, 1.54) is 18.3 Å². The number of sulfone groups is 1. The average Bonchev–Trinajstić information content (AvgIpc) is 2.58. The molecular formula is C9H11N3O4S. The van der Waals surface area contributed by atoms with Gasteiger partial charge in [-0.3, -0.25) is 10.1 Å². The Morgan fingerprint density at radius 3 is 2.88 bits per heavy atom. The van der Waals surface area contributed by atoms with Crippen molar-refractivity contribution in [2.75, 3.05) is 16.8 Å². The normalized spacial score (nSPS) is 22.2. The molecule has 0 bridgehead atoms. The second kappa shape index (κ2) is 4.28. The van der Waals surface area contributed by atoms with E-state index in [9.17, 15) is 18.5 Å². The summed E-state index contributed by atoms with van der Waals surface area (Å²) in [6, 6.07) is 2.50. The smallest absolute Gasteiger partial charge is 0.311 e. The molecule has 17 heavy (non-hydrogen) atoms. The van der Waals surface area contributed by atoms with Crippen LogP contribution in [0, 0.1) is 10.1 Å². The SMILES string of the molecule is O=[N+]([O-])c1cccnc1NC1CCS(=O)(=O)C1. The van der Waals surface area contributed by atoms with Crippen molar-refractivity contribution in [3.8, 4) is 0 Å². The predicted molar refractivity (Wildman–Crippen MR) is 61.6 cm³/mol. The molecule has 1 atom stereocenters. The molecule has 1 aromatic rings. The van der Waals surface area contributed by atoms with Crippen molar-refractivity contribution in [2.45, 2.75) is 12.5 Å². The molecule has 0 saturated carbocycles. The summed E-state index contributed by atoms with van der Waals surface area (Å²) in [5.41, 5.74) is -0.142. The Morgan fingerprint density at radius 2 is 2.29 bits per heavy atom. The molecule has 1 aliphatic rings. The Hall–Kier alpha value is -1.70. The van der Waals surface area contributed by atoms with Crippen molar-refractivity contribution < 1.29 is 13.3 Å². The summed E-state index contributed by atoms with van der Waals surface area (Å²) in [5.74, 6) is 0.242. The molecule has 92 valence electrons. The standard InChI is InChI=1S/C9H11N3O4S/c13-12(14)8-2-1-4-10-9(8)11-7-3-5-17(15,16)6-7/h1-2,4,7H,3,5-6H2,(H,10,11). The van der Waals surface area contributed by atoms with Crippen molar-refractivity contribution in [3.63, 3.8) is 0 Å². The zero-order valence-corrected chi connectivity index (χ0v) is 9.68.